The first kappa shape index (κ1) is 22.9. The molecule has 2 aromatic carbocycles. The molecule has 4 aromatic rings. The number of hydrogen-bond donors (Lipinski definition) is 1. The van der Waals surface area contributed by atoms with E-state index in [0.717, 1.165) is 49.1 Å². The molecule has 1 amide bonds. The number of nitrogens with zero attached hydrogens (tertiary/aromatic N) is 5. The zero-order valence-electron chi connectivity index (χ0n) is 21.0. The Balaban J connectivity index is 1.21. The number of benzene rings is 2. The van der Waals surface area contributed by atoms with Crippen LogP contribution >= 0.6 is 0 Å². The highest BCUT2D eigenvalue weighted by molar-refractivity contribution is 5.94. The topological polar surface area (TPSA) is 83.4 Å². The van der Waals surface area contributed by atoms with E-state index < -0.39 is 0 Å². The molecule has 2 bridgehead atoms. The lowest BCUT2D eigenvalue weighted by atomic mass is 10.1. The van der Waals surface area contributed by atoms with Crippen molar-refractivity contribution in [2.24, 2.45) is 0 Å². The predicted octanol–water partition coefficient (Wildman–Crippen LogP) is 3.59. The molecule has 38 heavy (non-hydrogen) atoms. The number of carbonyl (C=O) groups is 1. The molecule has 2 unspecified atom stereocenters. The highest BCUT2D eigenvalue weighted by Gasteiger charge is 2.44. The molecule has 1 saturated carbocycles. The molecule has 9 heteroatoms. The largest absolute Gasteiger partial charge is 0.365 e. The average Bonchev–Trinajstić information content (AvgIpc) is 3.50. The predicted molar refractivity (Wildman–Crippen MR) is 144 cm³/mol. The van der Waals surface area contributed by atoms with Gasteiger partial charge in [0.2, 0.25) is 5.95 Å². The van der Waals surface area contributed by atoms with Crippen LogP contribution in [0.2, 0.25) is 0 Å². The minimum absolute atomic E-state index is 0.0939. The zero-order valence-corrected chi connectivity index (χ0v) is 21.0. The fraction of sp³-hybridized carbons (Fsp3) is 0.310. The van der Waals surface area contributed by atoms with E-state index in [1.807, 2.05) is 19.1 Å². The molecule has 192 valence electrons. The molecule has 1 N–H and O–H groups in total. The summed E-state index contributed by atoms with van der Waals surface area (Å²) in [6, 6.07) is 17.8. The summed E-state index contributed by atoms with van der Waals surface area (Å²) in [7, 11) is 0. The highest BCUT2D eigenvalue weighted by atomic mass is 19.1. The van der Waals surface area contributed by atoms with Crippen LogP contribution in [0.4, 0.5) is 16.0 Å². The van der Waals surface area contributed by atoms with Crippen LogP contribution in [0.5, 0.6) is 0 Å². The fourth-order valence-corrected chi connectivity index (χ4v) is 5.75. The summed E-state index contributed by atoms with van der Waals surface area (Å²) in [6.45, 7) is 3.50. The summed E-state index contributed by atoms with van der Waals surface area (Å²) in [6.07, 6.45) is 3.03. The van der Waals surface area contributed by atoms with E-state index in [9.17, 15) is 14.0 Å². The fourth-order valence-electron chi connectivity index (χ4n) is 5.75. The van der Waals surface area contributed by atoms with E-state index in [1.165, 1.54) is 18.2 Å². The molecule has 8 nitrogen and oxygen atoms in total. The summed E-state index contributed by atoms with van der Waals surface area (Å²) in [5.74, 6) is 0.284. The van der Waals surface area contributed by atoms with Crippen molar-refractivity contribution in [2.45, 2.75) is 44.3 Å². The zero-order chi connectivity index (χ0) is 26.0. The molecular weight excluding hydrogens is 483 g/mol. The third kappa shape index (κ3) is 3.89. The van der Waals surface area contributed by atoms with Crippen LogP contribution in [-0.2, 0) is 0 Å². The van der Waals surface area contributed by atoms with E-state index in [2.05, 4.69) is 15.1 Å². The lowest BCUT2D eigenvalue weighted by Crippen LogP contribution is -2.47. The quantitative estimate of drug-likeness (QED) is 0.442. The number of halogens is 1. The van der Waals surface area contributed by atoms with Gasteiger partial charge in [0.05, 0.1) is 17.4 Å². The van der Waals surface area contributed by atoms with Gasteiger partial charge < -0.3 is 15.1 Å². The van der Waals surface area contributed by atoms with Gasteiger partial charge in [-0.1, -0.05) is 0 Å². The Kier molecular flexibility index (Phi) is 5.21. The number of aromatic nitrogens is 3. The maximum atomic E-state index is 13.4. The second-order valence-electron chi connectivity index (χ2n) is 10.5. The lowest BCUT2D eigenvalue weighted by molar-refractivity contribution is 0.0951. The van der Waals surface area contributed by atoms with Gasteiger partial charge in [-0.25, -0.2) is 9.37 Å². The standard InChI is InChI=1S/C29H27FN6O2/c1-17-25-12-13-26(37)36(22-8-2-18(3-9-22)28(38)32-20-6-7-20)27(25)33-29(31-17)35-16-23-14-24(35)15-34(23)21-10-4-19(30)5-11-21/h2-5,8-13,20,23-24H,6-7,14-16H2,1H3,(H,32,38). The minimum Gasteiger partial charge on any atom is -0.365 e. The molecule has 0 spiro atoms. The van der Waals surface area contributed by atoms with Crippen LogP contribution in [0.3, 0.4) is 0 Å². The van der Waals surface area contributed by atoms with Crippen molar-refractivity contribution in [3.63, 3.8) is 0 Å². The Morgan fingerprint density at radius 3 is 2.26 bits per heavy atom. The number of rotatable bonds is 5. The van der Waals surface area contributed by atoms with Crippen LogP contribution in [0.1, 0.15) is 35.3 Å². The van der Waals surface area contributed by atoms with Crippen LogP contribution in [-0.4, -0.2) is 51.7 Å². The summed E-state index contributed by atoms with van der Waals surface area (Å²) in [5, 5.41) is 3.80. The third-order valence-corrected chi connectivity index (χ3v) is 7.89. The molecule has 3 aliphatic rings. The second kappa shape index (κ2) is 8.65. The number of pyridine rings is 1. The summed E-state index contributed by atoms with van der Waals surface area (Å²) >= 11 is 0. The molecule has 2 aliphatic heterocycles. The summed E-state index contributed by atoms with van der Waals surface area (Å²) in [5.41, 5.74) is 3.40. The lowest BCUT2D eigenvalue weighted by Gasteiger charge is -2.35. The van der Waals surface area contributed by atoms with Gasteiger partial charge in [0, 0.05) is 47.9 Å². The Morgan fingerprint density at radius 1 is 0.895 bits per heavy atom. The smallest absolute Gasteiger partial charge is 0.256 e. The van der Waals surface area contributed by atoms with Crippen molar-refractivity contribution in [1.82, 2.24) is 19.9 Å². The molecule has 3 fully saturated rings. The number of piperazine rings is 1. The van der Waals surface area contributed by atoms with E-state index in [4.69, 9.17) is 9.97 Å². The number of aryl methyl sites for hydroxylation is 1. The Morgan fingerprint density at radius 2 is 1.58 bits per heavy atom. The number of hydrogen-bond acceptors (Lipinski definition) is 6. The number of amides is 1. The van der Waals surface area contributed by atoms with Gasteiger partial charge >= 0.3 is 0 Å². The van der Waals surface area contributed by atoms with Gasteiger partial charge in [-0.3, -0.25) is 14.2 Å². The van der Waals surface area contributed by atoms with Gasteiger partial charge in [-0.2, -0.15) is 4.98 Å². The van der Waals surface area contributed by atoms with Gasteiger partial charge in [-0.05, 0) is 80.8 Å². The summed E-state index contributed by atoms with van der Waals surface area (Å²) in [4.78, 5) is 39.8. The Bertz CT molecular complexity index is 1610. The minimum atomic E-state index is -0.234. The average molecular weight is 511 g/mol. The molecule has 4 heterocycles. The molecule has 2 aromatic heterocycles. The van der Waals surface area contributed by atoms with E-state index in [0.29, 0.717) is 22.8 Å². The maximum Gasteiger partial charge on any atom is 0.256 e. The molecule has 2 atom stereocenters. The number of nitrogens with one attached hydrogen (secondary N) is 1. The Hall–Kier alpha value is -4.27. The number of carbonyl (C=O) groups excluding carboxylic acids is 1. The van der Waals surface area contributed by atoms with E-state index >= 15 is 0 Å². The Labute approximate surface area is 218 Å². The highest BCUT2D eigenvalue weighted by Crippen LogP contribution is 2.37. The van der Waals surface area contributed by atoms with Crippen molar-refractivity contribution in [1.29, 1.82) is 0 Å². The number of fused-ring (bicyclic) bond motifs is 3. The van der Waals surface area contributed by atoms with Crippen molar-refractivity contribution in [3.05, 3.63) is 88.1 Å². The SMILES string of the molecule is Cc1nc(N2CC3CC2CN3c2ccc(F)cc2)nc2c1ccc(=O)n2-c1ccc(C(=O)NC2CC2)cc1. The molecule has 0 radical (unpaired) electrons. The van der Waals surface area contributed by atoms with Crippen LogP contribution in [0, 0.1) is 12.7 Å². The van der Waals surface area contributed by atoms with Crippen LogP contribution in [0.25, 0.3) is 16.7 Å². The first-order valence-corrected chi connectivity index (χ1v) is 13.1. The molecule has 7 rings (SSSR count). The van der Waals surface area contributed by atoms with Gasteiger partial charge in [0.1, 0.15) is 5.82 Å². The van der Waals surface area contributed by atoms with Crippen LogP contribution in [0.15, 0.2) is 65.5 Å². The van der Waals surface area contributed by atoms with Crippen molar-refractivity contribution in [2.75, 3.05) is 22.9 Å². The monoisotopic (exact) mass is 510 g/mol. The summed E-state index contributed by atoms with van der Waals surface area (Å²) < 4.78 is 15.0. The van der Waals surface area contributed by atoms with Crippen molar-refractivity contribution >= 4 is 28.6 Å². The van der Waals surface area contributed by atoms with Gasteiger partial charge in [-0.15, -0.1) is 0 Å². The van der Waals surface area contributed by atoms with Crippen molar-refractivity contribution in [3.8, 4) is 5.69 Å². The first-order chi connectivity index (χ1) is 18.4. The maximum absolute atomic E-state index is 13.4. The number of anilines is 2. The molecule has 2 saturated heterocycles. The van der Waals surface area contributed by atoms with Gasteiger partial charge in [0.15, 0.2) is 5.65 Å². The molecule has 1 aliphatic carbocycles. The second-order valence-corrected chi connectivity index (χ2v) is 10.5. The van der Waals surface area contributed by atoms with E-state index in [1.54, 1.807) is 34.9 Å². The first-order valence-electron chi connectivity index (χ1n) is 13.1. The van der Waals surface area contributed by atoms with Crippen LogP contribution < -0.4 is 20.7 Å². The van der Waals surface area contributed by atoms with Crippen molar-refractivity contribution < 1.29 is 9.18 Å². The normalized spacial score (nSPS) is 20.4. The van der Waals surface area contributed by atoms with E-state index in [-0.39, 0.29) is 35.4 Å². The molecular formula is C29H27FN6O2. The third-order valence-electron chi connectivity index (χ3n) is 7.89. The van der Waals surface area contributed by atoms with Gasteiger partial charge in [0.25, 0.3) is 11.5 Å².